The number of hydrogen-bond acceptors (Lipinski definition) is 3. The molecule has 3 nitrogen and oxygen atoms in total. The molecular formula is C30H39F3O3. The molecule has 36 heavy (non-hydrogen) atoms. The quantitative estimate of drug-likeness (QED) is 0.266. The molecule has 198 valence electrons. The van der Waals surface area contributed by atoms with Gasteiger partial charge in [-0.25, -0.2) is 4.79 Å². The van der Waals surface area contributed by atoms with E-state index in [-0.39, 0.29) is 11.5 Å². The highest BCUT2D eigenvalue weighted by Gasteiger charge is 2.64. The van der Waals surface area contributed by atoms with Gasteiger partial charge in [0.25, 0.3) is 5.60 Å². The van der Waals surface area contributed by atoms with Crippen molar-refractivity contribution in [3.8, 4) is 0 Å². The van der Waals surface area contributed by atoms with Gasteiger partial charge in [0.15, 0.2) is 0 Å². The van der Waals surface area contributed by atoms with Gasteiger partial charge < -0.3 is 9.47 Å². The number of carbonyl (C=O) groups excluding carboxylic acids is 1. The van der Waals surface area contributed by atoms with Gasteiger partial charge in [0.05, 0.1) is 0 Å². The van der Waals surface area contributed by atoms with Crippen molar-refractivity contribution in [2.75, 3.05) is 7.11 Å². The Morgan fingerprint density at radius 2 is 1.86 bits per heavy atom. The number of fused-ring (bicyclic) bond motifs is 1. The summed E-state index contributed by atoms with van der Waals surface area (Å²) >= 11 is 0. The summed E-state index contributed by atoms with van der Waals surface area (Å²) in [4.78, 5) is 13.2. The van der Waals surface area contributed by atoms with Crippen LogP contribution in [-0.4, -0.2) is 25.4 Å². The summed E-state index contributed by atoms with van der Waals surface area (Å²) in [6, 6.07) is 6.94. The average molecular weight is 505 g/mol. The molecule has 1 aromatic rings. The molecule has 6 atom stereocenters. The zero-order chi connectivity index (χ0) is 26.7. The van der Waals surface area contributed by atoms with E-state index in [0.29, 0.717) is 29.7 Å². The van der Waals surface area contributed by atoms with Crippen LogP contribution in [0.1, 0.15) is 65.4 Å². The van der Waals surface area contributed by atoms with Crippen molar-refractivity contribution in [2.24, 2.45) is 23.7 Å². The van der Waals surface area contributed by atoms with Gasteiger partial charge in [0.2, 0.25) is 0 Å². The van der Waals surface area contributed by atoms with Crippen molar-refractivity contribution in [3.63, 3.8) is 0 Å². The number of benzene rings is 1. The minimum Gasteiger partial charge on any atom is -0.455 e. The summed E-state index contributed by atoms with van der Waals surface area (Å²) in [5, 5.41) is 0. The van der Waals surface area contributed by atoms with E-state index in [1.54, 1.807) is 6.07 Å². The molecule has 1 aromatic carbocycles. The second-order valence-corrected chi connectivity index (χ2v) is 10.7. The van der Waals surface area contributed by atoms with Gasteiger partial charge in [0, 0.05) is 12.7 Å². The summed E-state index contributed by atoms with van der Waals surface area (Å²) in [5.41, 5.74) is -0.329. The Morgan fingerprint density at radius 3 is 2.44 bits per heavy atom. The predicted molar refractivity (Wildman–Crippen MR) is 136 cm³/mol. The topological polar surface area (TPSA) is 35.5 Å². The highest BCUT2D eigenvalue weighted by atomic mass is 19.4. The number of carbonyl (C=O) groups is 1. The number of methoxy groups -OCH3 is 1. The van der Waals surface area contributed by atoms with Gasteiger partial charge in [-0.3, -0.25) is 0 Å². The molecule has 6 heteroatoms. The maximum Gasteiger partial charge on any atom is 0.432 e. The highest BCUT2D eigenvalue weighted by molar-refractivity contribution is 5.83. The molecule has 2 aliphatic carbocycles. The second-order valence-electron chi connectivity index (χ2n) is 10.7. The first-order valence-corrected chi connectivity index (χ1v) is 12.8. The minimum absolute atomic E-state index is 0.150. The molecule has 0 N–H and O–H groups in total. The fourth-order valence-corrected chi connectivity index (χ4v) is 5.86. The molecule has 0 bridgehead atoms. The molecule has 0 amide bonds. The van der Waals surface area contributed by atoms with Crippen molar-refractivity contribution in [2.45, 2.75) is 77.7 Å². The monoisotopic (exact) mass is 504 g/mol. The molecule has 2 aliphatic rings. The molecular weight excluding hydrogens is 465 g/mol. The van der Waals surface area contributed by atoms with Crippen LogP contribution in [0.15, 0.2) is 65.8 Å². The van der Waals surface area contributed by atoms with E-state index in [0.717, 1.165) is 32.8 Å². The average Bonchev–Trinajstić information content (AvgIpc) is 2.80. The van der Waals surface area contributed by atoms with E-state index >= 15 is 0 Å². The Balaban J connectivity index is 1.85. The summed E-state index contributed by atoms with van der Waals surface area (Å²) < 4.78 is 53.5. The lowest BCUT2D eigenvalue weighted by molar-refractivity contribution is -0.277. The molecule has 0 saturated heterocycles. The van der Waals surface area contributed by atoms with Gasteiger partial charge >= 0.3 is 12.1 Å². The van der Waals surface area contributed by atoms with Crippen LogP contribution in [0, 0.1) is 23.7 Å². The van der Waals surface area contributed by atoms with E-state index in [2.05, 4.69) is 40.3 Å². The maximum absolute atomic E-state index is 14.3. The summed E-state index contributed by atoms with van der Waals surface area (Å²) in [6.45, 7) is 12.8. The number of halogens is 3. The fraction of sp³-hybridized carbons (Fsp3) is 0.567. The number of alkyl halides is 3. The van der Waals surface area contributed by atoms with Crippen LogP contribution in [-0.2, 0) is 19.9 Å². The largest absolute Gasteiger partial charge is 0.455 e. The third-order valence-corrected chi connectivity index (χ3v) is 7.99. The number of rotatable bonds is 8. The molecule has 0 heterocycles. The van der Waals surface area contributed by atoms with Crippen molar-refractivity contribution in [1.82, 2.24) is 0 Å². The molecule has 3 rings (SSSR count). The Morgan fingerprint density at radius 1 is 1.19 bits per heavy atom. The second kappa shape index (κ2) is 11.4. The first-order chi connectivity index (χ1) is 16.9. The molecule has 0 aromatic heterocycles. The highest BCUT2D eigenvalue weighted by Crippen LogP contribution is 2.49. The van der Waals surface area contributed by atoms with Gasteiger partial charge in [-0.1, -0.05) is 74.1 Å². The SMILES string of the molecule is C=C1C=C2[C@@H](C[C@@H]1OC(=O)[C@@](OC)(c1ccccc1)C(F)(F)F)[C@@H](C)CC[C@@H]2[C@@H](C)CCC=C(C)C. The lowest BCUT2D eigenvalue weighted by atomic mass is 9.62. The first-order valence-electron chi connectivity index (χ1n) is 12.8. The molecule has 0 spiro atoms. The van der Waals surface area contributed by atoms with Crippen LogP contribution < -0.4 is 0 Å². The molecule has 0 radical (unpaired) electrons. The summed E-state index contributed by atoms with van der Waals surface area (Å²) in [5.74, 6) is -0.0593. The van der Waals surface area contributed by atoms with Crippen molar-refractivity contribution in [3.05, 3.63) is 71.3 Å². The van der Waals surface area contributed by atoms with E-state index in [4.69, 9.17) is 9.47 Å². The fourth-order valence-electron chi connectivity index (χ4n) is 5.86. The van der Waals surface area contributed by atoms with Crippen LogP contribution in [0.4, 0.5) is 13.2 Å². The number of ether oxygens (including phenoxy) is 2. The molecule has 0 aliphatic heterocycles. The Labute approximate surface area is 213 Å². The molecule has 1 fully saturated rings. The smallest absolute Gasteiger partial charge is 0.432 e. The van der Waals surface area contributed by atoms with Crippen molar-refractivity contribution in [1.29, 1.82) is 0 Å². The summed E-state index contributed by atoms with van der Waals surface area (Å²) in [6.07, 6.45) is 3.13. The van der Waals surface area contributed by atoms with Gasteiger partial charge in [-0.05, 0) is 75.2 Å². The van der Waals surface area contributed by atoms with Crippen LogP contribution in [0.25, 0.3) is 0 Å². The molecule has 0 unspecified atom stereocenters. The van der Waals surface area contributed by atoms with Gasteiger partial charge in [-0.15, -0.1) is 0 Å². The van der Waals surface area contributed by atoms with Gasteiger partial charge in [-0.2, -0.15) is 13.2 Å². The normalized spacial score (nSPS) is 26.8. The Kier molecular flexibility index (Phi) is 8.92. The number of allylic oxidation sites excluding steroid dienone is 3. The molecule has 1 saturated carbocycles. The van der Waals surface area contributed by atoms with E-state index < -0.39 is 23.9 Å². The minimum atomic E-state index is -5.00. The Hall–Kier alpha value is -2.34. The van der Waals surface area contributed by atoms with Crippen LogP contribution in [0.5, 0.6) is 0 Å². The third-order valence-electron chi connectivity index (χ3n) is 7.99. The standard InChI is InChI=1S/C30H39F3O3/c1-19(2)11-10-12-20(3)24-16-15-21(4)25-18-27(22(5)17-26(24)25)36-28(34)29(35-6,30(31,32)33)23-13-8-7-9-14-23/h7-9,11,13-14,17,20-21,24-25,27H,5,10,12,15-16,18H2,1-4,6H3/t20-,21-,24+,25-,27-,29-/m0/s1. The van der Waals surface area contributed by atoms with Crippen molar-refractivity contribution < 1.29 is 27.4 Å². The first kappa shape index (κ1) is 28.2. The predicted octanol–water partition coefficient (Wildman–Crippen LogP) is 7.93. The number of hydrogen-bond donors (Lipinski definition) is 0. The summed E-state index contributed by atoms with van der Waals surface area (Å²) in [7, 11) is 0.889. The zero-order valence-electron chi connectivity index (χ0n) is 22.0. The lowest BCUT2D eigenvalue weighted by Crippen LogP contribution is -2.53. The lowest BCUT2D eigenvalue weighted by Gasteiger charge is -2.44. The van der Waals surface area contributed by atoms with E-state index in [1.165, 1.54) is 35.4 Å². The van der Waals surface area contributed by atoms with E-state index in [9.17, 15) is 18.0 Å². The van der Waals surface area contributed by atoms with Crippen LogP contribution in [0.3, 0.4) is 0 Å². The maximum atomic E-state index is 14.3. The van der Waals surface area contributed by atoms with Crippen LogP contribution >= 0.6 is 0 Å². The van der Waals surface area contributed by atoms with Crippen LogP contribution in [0.2, 0.25) is 0 Å². The Bertz CT molecular complexity index is 990. The van der Waals surface area contributed by atoms with Crippen molar-refractivity contribution >= 4 is 5.97 Å². The zero-order valence-corrected chi connectivity index (χ0v) is 22.0. The van der Waals surface area contributed by atoms with E-state index in [1.807, 2.05) is 6.08 Å². The third kappa shape index (κ3) is 5.64. The number of esters is 1. The van der Waals surface area contributed by atoms with Gasteiger partial charge in [0.1, 0.15) is 6.10 Å².